The molecule has 2 aromatic carbocycles. The van der Waals surface area contributed by atoms with Crippen molar-refractivity contribution in [2.45, 2.75) is 19.0 Å². The van der Waals surface area contributed by atoms with Crippen molar-refractivity contribution in [1.29, 1.82) is 0 Å². The molecule has 4 rings (SSSR count). The third kappa shape index (κ3) is 3.01. The molecule has 0 spiro atoms. The lowest BCUT2D eigenvalue weighted by Crippen LogP contribution is -2.53. The molecule has 3 aromatic rings. The SMILES string of the molecule is O=C(Nc1ccc2ccccc2n1)C1CCN1Cc1ccccc1. The third-order valence-electron chi connectivity index (χ3n) is 4.51. The Morgan fingerprint density at radius 3 is 2.62 bits per heavy atom. The summed E-state index contributed by atoms with van der Waals surface area (Å²) in [6.45, 7) is 1.77. The van der Waals surface area contributed by atoms with Crippen molar-refractivity contribution in [1.82, 2.24) is 9.88 Å². The van der Waals surface area contributed by atoms with Gasteiger partial charge in [-0.3, -0.25) is 9.69 Å². The van der Waals surface area contributed by atoms with Gasteiger partial charge in [0.1, 0.15) is 5.82 Å². The van der Waals surface area contributed by atoms with Crippen LogP contribution in [-0.4, -0.2) is 28.4 Å². The van der Waals surface area contributed by atoms with Crippen molar-refractivity contribution in [3.05, 3.63) is 72.3 Å². The summed E-state index contributed by atoms with van der Waals surface area (Å²) in [6.07, 6.45) is 0.895. The maximum atomic E-state index is 12.5. The molecule has 0 bridgehead atoms. The van der Waals surface area contributed by atoms with Crippen LogP contribution in [0.15, 0.2) is 66.7 Å². The maximum Gasteiger partial charge on any atom is 0.242 e. The molecule has 0 radical (unpaired) electrons. The minimum Gasteiger partial charge on any atom is -0.309 e. The van der Waals surface area contributed by atoms with Crippen molar-refractivity contribution < 1.29 is 4.79 Å². The van der Waals surface area contributed by atoms with Crippen LogP contribution < -0.4 is 5.32 Å². The quantitative estimate of drug-likeness (QED) is 0.801. The molecule has 1 atom stereocenters. The van der Waals surface area contributed by atoms with Gasteiger partial charge in [0.15, 0.2) is 0 Å². The van der Waals surface area contributed by atoms with Gasteiger partial charge in [-0.25, -0.2) is 4.98 Å². The highest BCUT2D eigenvalue weighted by molar-refractivity contribution is 5.95. The van der Waals surface area contributed by atoms with Crippen molar-refractivity contribution in [3.63, 3.8) is 0 Å². The van der Waals surface area contributed by atoms with Crippen LogP contribution in [0.5, 0.6) is 0 Å². The van der Waals surface area contributed by atoms with Gasteiger partial charge in [-0.15, -0.1) is 0 Å². The molecule has 1 unspecified atom stereocenters. The predicted octanol–water partition coefficient (Wildman–Crippen LogP) is 3.45. The third-order valence-corrected chi connectivity index (χ3v) is 4.51. The number of aromatic nitrogens is 1. The molecule has 120 valence electrons. The number of hydrogen-bond acceptors (Lipinski definition) is 3. The Bertz CT molecular complexity index is 863. The van der Waals surface area contributed by atoms with Crippen molar-refractivity contribution in [2.24, 2.45) is 0 Å². The largest absolute Gasteiger partial charge is 0.309 e. The zero-order chi connectivity index (χ0) is 16.4. The topological polar surface area (TPSA) is 45.2 Å². The molecule has 1 aliphatic heterocycles. The highest BCUT2D eigenvalue weighted by atomic mass is 16.2. The van der Waals surface area contributed by atoms with Gasteiger partial charge in [0, 0.05) is 18.5 Å². The standard InChI is InChI=1S/C20H19N3O/c24-20(18-12-13-23(18)14-15-6-2-1-3-7-15)22-19-11-10-16-8-4-5-9-17(16)21-19/h1-11,18H,12-14H2,(H,21,22,24). The van der Waals surface area contributed by atoms with Gasteiger partial charge in [-0.05, 0) is 30.2 Å². The number of nitrogens with zero attached hydrogens (tertiary/aromatic N) is 2. The Morgan fingerprint density at radius 2 is 1.83 bits per heavy atom. The van der Waals surface area contributed by atoms with Crippen LogP contribution in [0.3, 0.4) is 0 Å². The molecule has 1 amide bonds. The monoisotopic (exact) mass is 317 g/mol. The number of carbonyl (C=O) groups excluding carboxylic acids is 1. The minimum absolute atomic E-state index is 0.0277. The Balaban J connectivity index is 1.43. The number of hydrogen-bond donors (Lipinski definition) is 1. The van der Waals surface area contributed by atoms with E-state index in [0.717, 1.165) is 30.4 Å². The number of likely N-dealkylation sites (tertiary alicyclic amines) is 1. The van der Waals surface area contributed by atoms with E-state index in [1.165, 1.54) is 5.56 Å². The van der Waals surface area contributed by atoms with Gasteiger partial charge in [-0.1, -0.05) is 48.5 Å². The molecule has 1 N–H and O–H groups in total. The first-order valence-corrected chi connectivity index (χ1v) is 8.24. The predicted molar refractivity (Wildman–Crippen MR) is 95.6 cm³/mol. The van der Waals surface area contributed by atoms with Crippen LogP contribution in [0.1, 0.15) is 12.0 Å². The number of nitrogens with one attached hydrogen (secondary N) is 1. The van der Waals surface area contributed by atoms with E-state index in [4.69, 9.17) is 0 Å². The molecule has 1 saturated heterocycles. The average Bonchev–Trinajstić information content (AvgIpc) is 2.59. The van der Waals surface area contributed by atoms with E-state index in [2.05, 4.69) is 27.3 Å². The summed E-state index contributed by atoms with van der Waals surface area (Å²) in [5, 5.41) is 4.03. The normalized spacial score (nSPS) is 17.4. The molecule has 4 heteroatoms. The summed E-state index contributed by atoms with van der Waals surface area (Å²) < 4.78 is 0. The van der Waals surface area contributed by atoms with E-state index in [9.17, 15) is 4.79 Å². The fraction of sp³-hybridized carbons (Fsp3) is 0.200. The number of rotatable bonds is 4. The first kappa shape index (κ1) is 14.8. The molecule has 4 nitrogen and oxygen atoms in total. The Morgan fingerprint density at radius 1 is 1.04 bits per heavy atom. The summed E-state index contributed by atoms with van der Waals surface area (Å²) in [4.78, 5) is 19.3. The van der Waals surface area contributed by atoms with E-state index >= 15 is 0 Å². The summed E-state index contributed by atoms with van der Waals surface area (Å²) in [6, 6.07) is 21.9. The van der Waals surface area contributed by atoms with Gasteiger partial charge in [0.05, 0.1) is 11.6 Å². The summed E-state index contributed by atoms with van der Waals surface area (Å²) >= 11 is 0. The fourth-order valence-corrected chi connectivity index (χ4v) is 3.09. The van der Waals surface area contributed by atoms with E-state index in [0.29, 0.717) is 5.82 Å². The molecule has 0 saturated carbocycles. The van der Waals surface area contributed by atoms with Gasteiger partial charge in [-0.2, -0.15) is 0 Å². The number of fused-ring (bicyclic) bond motifs is 1. The van der Waals surface area contributed by atoms with Crippen LogP contribution in [0.25, 0.3) is 10.9 Å². The Labute approximate surface area is 141 Å². The summed E-state index contributed by atoms with van der Waals surface area (Å²) in [7, 11) is 0. The average molecular weight is 317 g/mol. The van der Waals surface area contributed by atoms with Crippen LogP contribution >= 0.6 is 0 Å². The van der Waals surface area contributed by atoms with E-state index in [1.807, 2.05) is 54.6 Å². The smallest absolute Gasteiger partial charge is 0.242 e. The van der Waals surface area contributed by atoms with Crippen LogP contribution in [0.2, 0.25) is 0 Å². The number of para-hydroxylation sites is 1. The van der Waals surface area contributed by atoms with Crippen LogP contribution in [0, 0.1) is 0 Å². The van der Waals surface area contributed by atoms with E-state index in [-0.39, 0.29) is 11.9 Å². The first-order valence-electron chi connectivity index (χ1n) is 8.24. The highest BCUT2D eigenvalue weighted by Crippen LogP contribution is 2.22. The van der Waals surface area contributed by atoms with E-state index in [1.54, 1.807) is 0 Å². The lowest BCUT2D eigenvalue weighted by Gasteiger charge is -2.39. The Kier molecular flexibility index (Phi) is 3.97. The molecule has 1 fully saturated rings. The molecule has 1 aliphatic rings. The van der Waals surface area contributed by atoms with Crippen molar-refractivity contribution >= 4 is 22.6 Å². The van der Waals surface area contributed by atoms with E-state index < -0.39 is 0 Å². The lowest BCUT2D eigenvalue weighted by molar-refractivity contribution is -0.125. The molecule has 1 aromatic heterocycles. The number of amides is 1. The number of pyridine rings is 1. The molecule has 2 heterocycles. The number of carbonyl (C=O) groups is 1. The fourth-order valence-electron chi connectivity index (χ4n) is 3.09. The molecule has 0 aliphatic carbocycles. The first-order chi connectivity index (χ1) is 11.8. The maximum absolute atomic E-state index is 12.5. The van der Waals surface area contributed by atoms with Gasteiger partial charge < -0.3 is 5.32 Å². The number of anilines is 1. The summed E-state index contributed by atoms with van der Waals surface area (Å²) in [5.74, 6) is 0.644. The van der Waals surface area contributed by atoms with Gasteiger partial charge in [0.2, 0.25) is 5.91 Å². The van der Waals surface area contributed by atoms with Gasteiger partial charge >= 0.3 is 0 Å². The highest BCUT2D eigenvalue weighted by Gasteiger charge is 2.34. The zero-order valence-corrected chi connectivity index (χ0v) is 13.4. The zero-order valence-electron chi connectivity index (χ0n) is 13.4. The van der Waals surface area contributed by atoms with Crippen molar-refractivity contribution in [2.75, 3.05) is 11.9 Å². The second kappa shape index (κ2) is 6.42. The van der Waals surface area contributed by atoms with Crippen LogP contribution in [0.4, 0.5) is 5.82 Å². The minimum atomic E-state index is -0.0709. The second-order valence-corrected chi connectivity index (χ2v) is 6.14. The Hall–Kier alpha value is -2.72. The van der Waals surface area contributed by atoms with Gasteiger partial charge in [0.25, 0.3) is 0 Å². The molecule has 24 heavy (non-hydrogen) atoms. The second-order valence-electron chi connectivity index (χ2n) is 6.14. The summed E-state index contributed by atoms with van der Waals surface area (Å²) in [5.41, 5.74) is 2.13. The van der Waals surface area contributed by atoms with Crippen molar-refractivity contribution in [3.8, 4) is 0 Å². The lowest BCUT2D eigenvalue weighted by atomic mass is 10.0. The van der Waals surface area contributed by atoms with Crippen LogP contribution in [-0.2, 0) is 11.3 Å². The molecular weight excluding hydrogens is 298 g/mol. The number of benzene rings is 2. The molecular formula is C20H19N3O.